The number of furan rings is 2. The van der Waals surface area contributed by atoms with Gasteiger partial charge in [0.2, 0.25) is 0 Å². The summed E-state index contributed by atoms with van der Waals surface area (Å²) in [6, 6.07) is 89.5. The van der Waals surface area contributed by atoms with Gasteiger partial charge in [-0.1, -0.05) is 152 Å². The van der Waals surface area contributed by atoms with Crippen molar-refractivity contribution in [3.05, 3.63) is 279 Å². The van der Waals surface area contributed by atoms with E-state index >= 15 is 0 Å². The molecule has 0 bridgehead atoms. The van der Waals surface area contributed by atoms with Gasteiger partial charge in [0.05, 0.1) is 16.6 Å². The Morgan fingerprint density at radius 3 is 1.37 bits per heavy atom. The molecule has 0 fully saturated rings. The van der Waals surface area contributed by atoms with Gasteiger partial charge in [-0.05, 0) is 149 Å². The predicted molar refractivity (Wildman–Crippen MR) is 327 cm³/mol. The van der Waals surface area contributed by atoms with Gasteiger partial charge in [-0.15, -0.1) is 0 Å². The van der Waals surface area contributed by atoms with Crippen LogP contribution in [-0.4, -0.2) is 9.13 Å². The molecular weight excluding hydrogens is 951 g/mol. The van der Waals surface area contributed by atoms with Crippen molar-refractivity contribution in [1.29, 1.82) is 0 Å². The van der Waals surface area contributed by atoms with Crippen LogP contribution >= 0.6 is 0 Å². The van der Waals surface area contributed by atoms with Crippen molar-refractivity contribution in [2.24, 2.45) is 0 Å². The summed E-state index contributed by atoms with van der Waals surface area (Å²) in [5, 5.41) is 8.01. The van der Waals surface area contributed by atoms with Crippen LogP contribution in [-0.2, 0) is 0 Å². The van der Waals surface area contributed by atoms with Gasteiger partial charge in [0.25, 0.3) is 0 Å². The van der Waals surface area contributed by atoms with Gasteiger partial charge < -0.3 is 22.9 Å². The lowest BCUT2D eigenvalue weighted by Crippen LogP contribution is -2.09. The zero-order valence-corrected chi connectivity index (χ0v) is 42.8. The monoisotopic (exact) mass is 999 g/mol. The molecule has 0 unspecified atom stereocenters. The lowest BCUT2D eigenvalue weighted by atomic mass is 9.92. The number of rotatable bonds is 10. The molecule has 0 saturated heterocycles. The van der Waals surface area contributed by atoms with Crippen molar-refractivity contribution in [2.75, 3.05) is 4.90 Å². The third kappa shape index (κ3) is 7.39. The molecule has 5 nitrogen and oxygen atoms in total. The second kappa shape index (κ2) is 18.2. The number of anilines is 3. The van der Waals surface area contributed by atoms with E-state index in [0.29, 0.717) is 0 Å². The number of aromatic nitrogens is 2. The molecule has 0 aliphatic carbocycles. The Hall–Kier alpha value is -10.4. The number of hydrogen-bond acceptors (Lipinski definition) is 3. The number of benzene rings is 11. The van der Waals surface area contributed by atoms with E-state index in [9.17, 15) is 0 Å². The maximum Gasteiger partial charge on any atom is 0.137 e. The first-order chi connectivity index (χ1) is 38.5. The van der Waals surface area contributed by atoms with Crippen LogP contribution in [0.4, 0.5) is 17.1 Å². The van der Waals surface area contributed by atoms with Crippen LogP contribution in [0.1, 0.15) is 11.3 Å². The lowest BCUT2D eigenvalue weighted by Gasteiger charge is -2.25. The molecule has 11 aromatic carbocycles. The normalized spacial score (nSPS) is 11.9. The fourth-order valence-corrected chi connectivity index (χ4v) is 12.0. The first-order valence-electron chi connectivity index (χ1n) is 26.5. The number of allylic oxidation sites excluding steroid dienone is 2. The van der Waals surface area contributed by atoms with Gasteiger partial charge >= 0.3 is 0 Å². The molecule has 0 radical (unpaired) electrons. The van der Waals surface area contributed by atoms with Crippen molar-refractivity contribution in [3.8, 4) is 44.8 Å². The molecule has 0 aliphatic rings. The van der Waals surface area contributed by atoms with Crippen LogP contribution in [0, 0.1) is 6.92 Å². The Bertz CT molecular complexity index is 4760. The highest BCUT2D eigenvalue weighted by atomic mass is 16.3. The van der Waals surface area contributed by atoms with Crippen LogP contribution in [0.5, 0.6) is 0 Å². The Balaban J connectivity index is 0.909. The molecule has 4 aromatic heterocycles. The summed E-state index contributed by atoms with van der Waals surface area (Å²) in [5.74, 6) is 0. The predicted octanol–water partition coefficient (Wildman–Crippen LogP) is 20.5. The molecule has 0 amide bonds. The van der Waals surface area contributed by atoms with Gasteiger partial charge in [-0.2, -0.15) is 0 Å². The highest BCUT2D eigenvalue weighted by Crippen LogP contribution is 2.44. The van der Waals surface area contributed by atoms with Gasteiger partial charge in [-0.3, -0.25) is 0 Å². The number of para-hydroxylation sites is 5. The van der Waals surface area contributed by atoms with Crippen molar-refractivity contribution in [1.82, 2.24) is 9.13 Å². The highest BCUT2D eigenvalue weighted by Gasteiger charge is 2.21. The number of nitrogens with zero attached hydrogens (tertiary/aromatic N) is 3. The molecule has 0 spiro atoms. The molecule has 15 rings (SSSR count). The summed E-state index contributed by atoms with van der Waals surface area (Å²) in [6.45, 7) is 6.20. The standard InChI is InChI=1S/C73H49N3O2/c1-3-4-21-59-47(2)74(54-17-7-5-8-18-54)68-43-49(30-36-61(59)68)52-40-51(41-53(42-52)50-31-37-62-60-22-11-14-25-67(60)76(69(62)44-50)55-19-9-6-10-20-55)48-28-32-56(33-29-48)75(57-34-38-65-63-23-12-15-26-70(63)77-72(65)45-57)58-35-39-66-64-24-13-16-27-71(64)78-73(66)46-58/h3-46H,1H2,2H3/b21-4-. The third-order valence-corrected chi connectivity index (χ3v) is 15.7. The number of fused-ring (bicyclic) bond motifs is 10. The van der Waals surface area contributed by atoms with Crippen molar-refractivity contribution in [3.63, 3.8) is 0 Å². The largest absolute Gasteiger partial charge is 0.456 e. The maximum absolute atomic E-state index is 6.49. The van der Waals surface area contributed by atoms with Crippen LogP contribution < -0.4 is 4.90 Å². The molecule has 368 valence electrons. The Kier molecular flexibility index (Phi) is 10.5. The smallest absolute Gasteiger partial charge is 0.137 e. The molecule has 5 heteroatoms. The van der Waals surface area contributed by atoms with E-state index in [0.717, 1.165) is 117 Å². The molecule has 0 saturated carbocycles. The highest BCUT2D eigenvalue weighted by molar-refractivity contribution is 6.11. The van der Waals surface area contributed by atoms with Gasteiger partial charge in [0, 0.05) is 89.5 Å². The SMILES string of the molecule is C=C/C=C\c1c(C)n(-c2ccccc2)c2cc(-c3cc(-c4ccc(N(c5ccc6c(c5)oc5ccccc56)c5ccc6c(c5)oc5ccccc56)cc4)cc(-c4ccc5c6ccccc6n(-c6ccccc6)c5c4)c3)ccc12. The van der Waals surface area contributed by atoms with E-state index in [-0.39, 0.29) is 0 Å². The van der Waals surface area contributed by atoms with Gasteiger partial charge in [0.15, 0.2) is 0 Å². The average molecular weight is 1000 g/mol. The fourth-order valence-electron chi connectivity index (χ4n) is 12.0. The summed E-state index contributed by atoms with van der Waals surface area (Å²) in [6.07, 6.45) is 6.04. The van der Waals surface area contributed by atoms with Crippen molar-refractivity contribution < 1.29 is 8.83 Å². The Labute approximate surface area is 450 Å². The molecule has 15 aromatic rings. The summed E-state index contributed by atoms with van der Waals surface area (Å²) in [7, 11) is 0. The second-order valence-corrected chi connectivity index (χ2v) is 20.2. The summed E-state index contributed by atoms with van der Waals surface area (Å²) in [5.41, 5.74) is 21.2. The molecule has 0 N–H and O–H groups in total. The van der Waals surface area contributed by atoms with Crippen LogP contribution in [0.3, 0.4) is 0 Å². The Morgan fingerprint density at radius 1 is 0.346 bits per heavy atom. The van der Waals surface area contributed by atoms with Crippen LogP contribution in [0.15, 0.2) is 276 Å². The molecular formula is C73H49N3O2. The minimum absolute atomic E-state index is 0.834. The first kappa shape index (κ1) is 45.1. The molecule has 78 heavy (non-hydrogen) atoms. The van der Waals surface area contributed by atoms with Crippen molar-refractivity contribution in [2.45, 2.75) is 6.92 Å². The molecule has 4 heterocycles. The summed E-state index contributed by atoms with van der Waals surface area (Å²) < 4.78 is 17.7. The average Bonchev–Trinajstić information content (AvgIpc) is 4.35. The van der Waals surface area contributed by atoms with Gasteiger partial charge in [-0.25, -0.2) is 0 Å². The van der Waals surface area contributed by atoms with Crippen LogP contribution in [0.2, 0.25) is 0 Å². The minimum atomic E-state index is 0.834. The molecule has 0 aliphatic heterocycles. The minimum Gasteiger partial charge on any atom is -0.456 e. The Morgan fingerprint density at radius 2 is 0.782 bits per heavy atom. The maximum atomic E-state index is 6.49. The van der Waals surface area contributed by atoms with E-state index in [1.807, 2.05) is 36.4 Å². The first-order valence-corrected chi connectivity index (χ1v) is 26.5. The zero-order chi connectivity index (χ0) is 51.8. The van der Waals surface area contributed by atoms with Crippen molar-refractivity contribution >= 4 is 99.7 Å². The lowest BCUT2D eigenvalue weighted by molar-refractivity contribution is 0.669. The zero-order valence-electron chi connectivity index (χ0n) is 42.8. The quantitative estimate of drug-likeness (QED) is 0.128. The molecule has 0 atom stereocenters. The van der Waals surface area contributed by atoms with E-state index in [4.69, 9.17) is 8.83 Å². The fraction of sp³-hybridized carbons (Fsp3) is 0.0137. The van der Waals surface area contributed by atoms with E-state index in [1.54, 1.807) is 0 Å². The third-order valence-electron chi connectivity index (χ3n) is 15.7. The summed E-state index contributed by atoms with van der Waals surface area (Å²) in [4.78, 5) is 2.30. The summed E-state index contributed by atoms with van der Waals surface area (Å²) >= 11 is 0. The topological polar surface area (TPSA) is 39.4 Å². The van der Waals surface area contributed by atoms with E-state index < -0.39 is 0 Å². The number of hydrogen-bond donors (Lipinski definition) is 0. The van der Waals surface area contributed by atoms with E-state index in [2.05, 4.69) is 258 Å². The second-order valence-electron chi connectivity index (χ2n) is 20.2. The van der Waals surface area contributed by atoms with Crippen LogP contribution in [0.25, 0.3) is 127 Å². The van der Waals surface area contributed by atoms with Gasteiger partial charge in [0.1, 0.15) is 22.3 Å². The van der Waals surface area contributed by atoms with E-state index in [1.165, 1.54) is 32.9 Å².